The van der Waals surface area contributed by atoms with E-state index in [0.717, 1.165) is 12.1 Å². The van der Waals surface area contributed by atoms with Gasteiger partial charge in [-0.1, -0.05) is 6.92 Å². The summed E-state index contributed by atoms with van der Waals surface area (Å²) in [7, 11) is 4.31. The Bertz CT molecular complexity index is 202. The zero-order chi connectivity index (χ0) is 13.4. The van der Waals surface area contributed by atoms with Crippen molar-refractivity contribution in [3.8, 4) is 0 Å². The maximum Gasteiger partial charge on any atom is 0.00682 e. The van der Waals surface area contributed by atoms with Crippen molar-refractivity contribution in [3.63, 3.8) is 0 Å². The first-order valence-electron chi connectivity index (χ1n) is 7.75. The normalized spacial score (nSPS) is 17.7. The summed E-state index contributed by atoms with van der Waals surface area (Å²) >= 11 is 0. The van der Waals surface area contributed by atoms with Crippen molar-refractivity contribution in [2.24, 2.45) is 0 Å². The molecule has 0 bridgehead atoms. The van der Waals surface area contributed by atoms with E-state index in [-0.39, 0.29) is 0 Å². The summed E-state index contributed by atoms with van der Waals surface area (Å²) in [6, 6.07) is 1.60. The minimum absolute atomic E-state index is 0.734. The van der Waals surface area contributed by atoms with E-state index in [4.69, 9.17) is 0 Å². The zero-order valence-corrected chi connectivity index (χ0v) is 12.9. The fourth-order valence-electron chi connectivity index (χ4n) is 2.45. The molecule has 1 aliphatic rings. The van der Waals surface area contributed by atoms with Gasteiger partial charge < -0.3 is 15.1 Å². The molecule has 0 aromatic heterocycles. The predicted octanol–water partition coefficient (Wildman–Crippen LogP) is 2.18. The highest BCUT2D eigenvalue weighted by molar-refractivity contribution is 4.80. The molecule has 1 aliphatic carbocycles. The van der Waals surface area contributed by atoms with Crippen molar-refractivity contribution in [2.45, 2.75) is 58.0 Å². The molecule has 0 aliphatic heterocycles. The molecule has 1 fully saturated rings. The molecule has 0 heterocycles. The molecule has 0 saturated heterocycles. The van der Waals surface area contributed by atoms with Crippen LogP contribution in [-0.4, -0.2) is 62.2 Å². The quantitative estimate of drug-likeness (QED) is 0.571. The molecule has 108 valence electrons. The van der Waals surface area contributed by atoms with Gasteiger partial charge in [0.15, 0.2) is 0 Å². The van der Waals surface area contributed by atoms with Gasteiger partial charge in [-0.25, -0.2) is 0 Å². The van der Waals surface area contributed by atoms with Crippen molar-refractivity contribution in [2.75, 3.05) is 40.3 Å². The minimum Gasteiger partial charge on any atom is -0.314 e. The molecule has 0 amide bonds. The SMILES string of the molecule is CCN(CCCN(C)C)C(C)CCCNC1CC1. The summed E-state index contributed by atoms with van der Waals surface area (Å²) in [5.41, 5.74) is 0. The monoisotopic (exact) mass is 255 g/mol. The van der Waals surface area contributed by atoms with Gasteiger partial charge >= 0.3 is 0 Å². The lowest BCUT2D eigenvalue weighted by atomic mass is 10.1. The highest BCUT2D eigenvalue weighted by Gasteiger charge is 2.19. The van der Waals surface area contributed by atoms with Gasteiger partial charge in [-0.3, -0.25) is 0 Å². The van der Waals surface area contributed by atoms with E-state index >= 15 is 0 Å². The van der Waals surface area contributed by atoms with Gasteiger partial charge in [0, 0.05) is 12.1 Å². The largest absolute Gasteiger partial charge is 0.314 e. The number of hydrogen-bond acceptors (Lipinski definition) is 3. The van der Waals surface area contributed by atoms with E-state index in [9.17, 15) is 0 Å². The van der Waals surface area contributed by atoms with Crippen LogP contribution in [0.1, 0.15) is 46.0 Å². The topological polar surface area (TPSA) is 18.5 Å². The molecular formula is C15H33N3. The highest BCUT2D eigenvalue weighted by Crippen LogP contribution is 2.18. The molecule has 3 heteroatoms. The molecule has 0 aromatic carbocycles. The smallest absolute Gasteiger partial charge is 0.00682 e. The molecule has 1 unspecified atom stereocenters. The molecule has 18 heavy (non-hydrogen) atoms. The second-order valence-electron chi connectivity index (χ2n) is 6.01. The van der Waals surface area contributed by atoms with Crippen LogP contribution in [0.5, 0.6) is 0 Å². The second kappa shape index (κ2) is 8.89. The van der Waals surface area contributed by atoms with Gasteiger partial charge in [0.1, 0.15) is 0 Å². The van der Waals surface area contributed by atoms with Crippen molar-refractivity contribution >= 4 is 0 Å². The van der Waals surface area contributed by atoms with Crippen LogP contribution < -0.4 is 5.32 Å². The lowest BCUT2D eigenvalue weighted by molar-refractivity contribution is 0.197. The van der Waals surface area contributed by atoms with Crippen molar-refractivity contribution in [3.05, 3.63) is 0 Å². The summed E-state index contributed by atoms with van der Waals surface area (Å²) < 4.78 is 0. The summed E-state index contributed by atoms with van der Waals surface area (Å²) in [6.07, 6.45) is 6.74. The minimum atomic E-state index is 0.734. The molecule has 1 atom stereocenters. The first-order chi connectivity index (χ1) is 8.63. The first-order valence-corrected chi connectivity index (χ1v) is 7.75. The third-order valence-corrected chi connectivity index (χ3v) is 3.89. The van der Waals surface area contributed by atoms with E-state index in [1.807, 2.05) is 0 Å². The predicted molar refractivity (Wildman–Crippen MR) is 80.1 cm³/mol. The molecule has 0 spiro atoms. The maximum atomic E-state index is 3.60. The van der Waals surface area contributed by atoms with Gasteiger partial charge in [0.05, 0.1) is 0 Å². The Morgan fingerprint density at radius 1 is 1.17 bits per heavy atom. The van der Waals surface area contributed by atoms with Crippen molar-refractivity contribution in [1.82, 2.24) is 15.1 Å². The maximum absolute atomic E-state index is 3.60. The van der Waals surface area contributed by atoms with Crippen LogP contribution in [0, 0.1) is 0 Å². The fourth-order valence-corrected chi connectivity index (χ4v) is 2.45. The Kier molecular flexibility index (Phi) is 7.87. The molecular weight excluding hydrogens is 222 g/mol. The van der Waals surface area contributed by atoms with Crippen LogP contribution in [0.3, 0.4) is 0 Å². The van der Waals surface area contributed by atoms with Crippen molar-refractivity contribution < 1.29 is 0 Å². The number of nitrogens with one attached hydrogen (secondary N) is 1. The van der Waals surface area contributed by atoms with Crippen LogP contribution in [0.15, 0.2) is 0 Å². The summed E-state index contributed by atoms with van der Waals surface area (Å²) in [4.78, 5) is 4.90. The fraction of sp³-hybridized carbons (Fsp3) is 1.00. The number of rotatable bonds is 11. The Morgan fingerprint density at radius 3 is 2.44 bits per heavy atom. The van der Waals surface area contributed by atoms with E-state index in [1.165, 1.54) is 58.3 Å². The Balaban J connectivity index is 2.04. The average molecular weight is 255 g/mol. The molecule has 3 nitrogen and oxygen atoms in total. The third-order valence-electron chi connectivity index (χ3n) is 3.89. The molecule has 1 rings (SSSR count). The van der Waals surface area contributed by atoms with Crippen LogP contribution in [0.25, 0.3) is 0 Å². The van der Waals surface area contributed by atoms with E-state index in [2.05, 4.69) is 43.1 Å². The van der Waals surface area contributed by atoms with E-state index in [0.29, 0.717) is 0 Å². The summed E-state index contributed by atoms with van der Waals surface area (Å²) in [5.74, 6) is 0. The van der Waals surface area contributed by atoms with Gasteiger partial charge in [-0.05, 0) is 79.3 Å². The van der Waals surface area contributed by atoms with Crippen LogP contribution >= 0.6 is 0 Å². The van der Waals surface area contributed by atoms with Crippen LogP contribution in [0.2, 0.25) is 0 Å². The molecule has 1 saturated carbocycles. The molecule has 0 radical (unpaired) electrons. The van der Waals surface area contributed by atoms with Gasteiger partial charge in [-0.2, -0.15) is 0 Å². The van der Waals surface area contributed by atoms with E-state index < -0.39 is 0 Å². The first kappa shape index (κ1) is 15.9. The van der Waals surface area contributed by atoms with E-state index in [1.54, 1.807) is 0 Å². The van der Waals surface area contributed by atoms with Crippen LogP contribution in [0.4, 0.5) is 0 Å². The lowest BCUT2D eigenvalue weighted by Crippen LogP contribution is -2.35. The van der Waals surface area contributed by atoms with Gasteiger partial charge in [0.25, 0.3) is 0 Å². The van der Waals surface area contributed by atoms with Crippen LogP contribution in [-0.2, 0) is 0 Å². The van der Waals surface area contributed by atoms with Gasteiger partial charge in [0.2, 0.25) is 0 Å². The highest BCUT2D eigenvalue weighted by atomic mass is 15.1. The molecule has 0 aromatic rings. The third kappa shape index (κ3) is 7.34. The standard InChI is InChI=1S/C15H33N3/c1-5-18(13-7-12-17(3)4)14(2)8-6-11-16-15-9-10-15/h14-16H,5-13H2,1-4H3. The molecule has 1 N–H and O–H groups in total. The Hall–Kier alpha value is -0.120. The summed E-state index contributed by atoms with van der Waals surface area (Å²) in [6.45, 7) is 9.51. The number of hydrogen-bond donors (Lipinski definition) is 1. The lowest BCUT2D eigenvalue weighted by Gasteiger charge is -2.28. The zero-order valence-electron chi connectivity index (χ0n) is 12.9. The number of nitrogens with zero attached hydrogens (tertiary/aromatic N) is 2. The Labute approximate surface area is 114 Å². The van der Waals surface area contributed by atoms with Gasteiger partial charge in [-0.15, -0.1) is 0 Å². The Morgan fingerprint density at radius 2 is 1.89 bits per heavy atom. The second-order valence-corrected chi connectivity index (χ2v) is 6.01. The average Bonchev–Trinajstić information content (AvgIpc) is 3.13. The summed E-state index contributed by atoms with van der Waals surface area (Å²) in [5, 5.41) is 3.60. The van der Waals surface area contributed by atoms with Crippen molar-refractivity contribution in [1.29, 1.82) is 0 Å².